The fourth-order valence-electron chi connectivity index (χ4n) is 3.84. The van der Waals surface area contributed by atoms with Gasteiger partial charge < -0.3 is 9.30 Å². The van der Waals surface area contributed by atoms with Crippen molar-refractivity contribution in [3.63, 3.8) is 0 Å². The molecular formula is C26H35N3O3S2. The van der Waals surface area contributed by atoms with Crippen LogP contribution >= 0.6 is 11.3 Å². The lowest BCUT2D eigenvalue weighted by Gasteiger charge is -2.18. The molecule has 8 heteroatoms. The maximum atomic E-state index is 12.9. The molecule has 6 nitrogen and oxygen atoms in total. The molecule has 0 spiro atoms. The van der Waals surface area contributed by atoms with Gasteiger partial charge in [-0.1, -0.05) is 52.2 Å². The number of sulfonamides is 1. The molecule has 0 aliphatic heterocycles. The summed E-state index contributed by atoms with van der Waals surface area (Å²) >= 11 is 1.60. The Hall–Kier alpha value is -2.42. The molecule has 2 aromatic carbocycles. The van der Waals surface area contributed by atoms with E-state index in [0.717, 1.165) is 40.5 Å². The first kappa shape index (κ1) is 26.2. The summed E-state index contributed by atoms with van der Waals surface area (Å²) in [6.45, 7) is 7.71. The predicted molar refractivity (Wildman–Crippen MR) is 140 cm³/mol. The number of hydrogen-bond donors (Lipinski definition) is 0. The van der Waals surface area contributed by atoms with Gasteiger partial charge in [-0.3, -0.25) is 0 Å². The van der Waals surface area contributed by atoms with Crippen LogP contribution in [0.4, 0.5) is 5.69 Å². The van der Waals surface area contributed by atoms with Crippen molar-refractivity contribution in [3.05, 3.63) is 58.7 Å². The molecule has 0 aliphatic carbocycles. The number of hydrogen-bond acceptors (Lipinski definition) is 5. The van der Waals surface area contributed by atoms with Crippen LogP contribution in [-0.2, 0) is 16.6 Å². The molecule has 0 aliphatic rings. The first-order valence-corrected chi connectivity index (χ1v) is 14.2. The van der Waals surface area contributed by atoms with E-state index in [0.29, 0.717) is 18.0 Å². The van der Waals surface area contributed by atoms with Crippen molar-refractivity contribution in [1.82, 2.24) is 8.87 Å². The highest BCUT2D eigenvalue weighted by atomic mass is 32.2. The van der Waals surface area contributed by atoms with Crippen LogP contribution in [0.1, 0.15) is 46.5 Å². The Morgan fingerprint density at radius 3 is 2.21 bits per heavy atom. The normalized spacial score (nSPS) is 12.4. The number of nitrogens with zero attached hydrogens (tertiary/aromatic N) is 3. The van der Waals surface area contributed by atoms with Crippen LogP contribution in [0.2, 0.25) is 0 Å². The highest BCUT2D eigenvalue weighted by molar-refractivity contribution is 7.89. The molecule has 3 rings (SSSR count). The van der Waals surface area contributed by atoms with Crippen molar-refractivity contribution in [1.29, 1.82) is 0 Å². The van der Waals surface area contributed by atoms with Crippen molar-refractivity contribution in [2.45, 2.75) is 57.9 Å². The van der Waals surface area contributed by atoms with Gasteiger partial charge in [0.2, 0.25) is 10.0 Å². The molecule has 0 radical (unpaired) electrons. The molecule has 0 N–H and O–H groups in total. The van der Waals surface area contributed by atoms with Crippen LogP contribution in [0.5, 0.6) is 5.75 Å². The smallest absolute Gasteiger partial charge is 0.243 e. The van der Waals surface area contributed by atoms with Crippen molar-refractivity contribution in [2.24, 2.45) is 4.99 Å². The number of rotatable bonds is 12. The van der Waals surface area contributed by atoms with Crippen LogP contribution in [0, 0.1) is 0 Å². The summed E-state index contributed by atoms with van der Waals surface area (Å²) in [4.78, 5) is 6.14. The largest absolute Gasteiger partial charge is 0.497 e. The number of unbranched alkanes of at least 4 members (excludes halogenated alkanes) is 3. The van der Waals surface area contributed by atoms with Crippen LogP contribution in [0.25, 0.3) is 11.3 Å². The molecule has 0 fully saturated rings. The third kappa shape index (κ3) is 6.17. The SMILES string of the molecule is CCCCCCn1c(-c2ccc(S(=O)(=O)N(CC)CC)cc2)csc1=Nc1ccc(OC)cc1. The number of aromatic nitrogens is 1. The topological polar surface area (TPSA) is 63.9 Å². The molecular weight excluding hydrogens is 466 g/mol. The number of ether oxygens (including phenoxy) is 1. The number of benzene rings is 2. The van der Waals surface area contributed by atoms with Gasteiger partial charge in [0.15, 0.2) is 4.80 Å². The molecule has 0 bridgehead atoms. The van der Waals surface area contributed by atoms with Gasteiger partial charge in [-0.05, 0) is 48.4 Å². The van der Waals surface area contributed by atoms with Gasteiger partial charge in [0.05, 0.1) is 23.4 Å². The van der Waals surface area contributed by atoms with Gasteiger partial charge in [-0.25, -0.2) is 13.4 Å². The lowest BCUT2D eigenvalue weighted by molar-refractivity contribution is 0.415. The molecule has 1 heterocycles. The quantitative estimate of drug-likeness (QED) is 0.283. The first-order chi connectivity index (χ1) is 16.4. The molecule has 0 unspecified atom stereocenters. The third-order valence-corrected chi connectivity index (χ3v) is 8.75. The summed E-state index contributed by atoms with van der Waals surface area (Å²) < 4.78 is 34.7. The van der Waals surface area contributed by atoms with Crippen molar-refractivity contribution >= 4 is 27.0 Å². The van der Waals surface area contributed by atoms with E-state index >= 15 is 0 Å². The summed E-state index contributed by atoms with van der Waals surface area (Å²) in [7, 11) is -1.82. The minimum absolute atomic E-state index is 0.327. The maximum Gasteiger partial charge on any atom is 0.243 e. The lowest BCUT2D eigenvalue weighted by Crippen LogP contribution is -2.30. The minimum atomic E-state index is -3.47. The van der Waals surface area contributed by atoms with Crippen molar-refractivity contribution in [2.75, 3.05) is 20.2 Å². The van der Waals surface area contributed by atoms with Gasteiger partial charge >= 0.3 is 0 Å². The Kier molecular flexibility index (Phi) is 9.50. The average molecular weight is 502 g/mol. The van der Waals surface area contributed by atoms with E-state index in [-0.39, 0.29) is 0 Å². The Morgan fingerprint density at radius 2 is 1.62 bits per heavy atom. The summed E-state index contributed by atoms with van der Waals surface area (Å²) in [5.41, 5.74) is 2.92. The summed E-state index contributed by atoms with van der Waals surface area (Å²) in [6, 6.07) is 14.9. The predicted octanol–water partition coefficient (Wildman–Crippen LogP) is 6.07. The van der Waals surface area contributed by atoms with Crippen molar-refractivity contribution < 1.29 is 13.2 Å². The van der Waals surface area contributed by atoms with E-state index in [9.17, 15) is 8.42 Å². The van der Waals surface area contributed by atoms with Gasteiger partial charge in [0, 0.05) is 25.0 Å². The molecule has 0 saturated heterocycles. The molecule has 0 atom stereocenters. The van der Waals surface area contributed by atoms with E-state index in [4.69, 9.17) is 9.73 Å². The third-order valence-electron chi connectivity index (χ3n) is 5.82. The van der Waals surface area contributed by atoms with E-state index in [1.807, 2.05) is 50.2 Å². The van der Waals surface area contributed by atoms with E-state index < -0.39 is 10.0 Å². The Morgan fingerprint density at radius 1 is 0.941 bits per heavy atom. The standard InChI is InChI=1S/C26H35N3O3S2/c1-5-8-9-10-19-29-25(20-33-26(29)27-22-13-15-23(32-4)16-14-22)21-11-17-24(18-12-21)34(30,31)28(6-2)7-3/h11-18,20H,5-10,19H2,1-4H3. The van der Waals surface area contributed by atoms with E-state index in [1.54, 1.807) is 30.6 Å². The van der Waals surface area contributed by atoms with Crippen LogP contribution in [-0.4, -0.2) is 37.5 Å². The minimum Gasteiger partial charge on any atom is -0.497 e. The molecule has 0 amide bonds. The van der Waals surface area contributed by atoms with Gasteiger partial charge in [0.1, 0.15) is 5.75 Å². The fourth-order valence-corrected chi connectivity index (χ4v) is 6.25. The molecule has 34 heavy (non-hydrogen) atoms. The molecule has 3 aromatic rings. The lowest BCUT2D eigenvalue weighted by atomic mass is 10.1. The Labute approximate surface area is 207 Å². The molecule has 184 valence electrons. The van der Waals surface area contributed by atoms with Crippen LogP contribution < -0.4 is 9.54 Å². The second-order valence-electron chi connectivity index (χ2n) is 8.04. The van der Waals surface area contributed by atoms with E-state index in [2.05, 4.69) is 16.9 Å². The maximum absolute atomic E-state index is 12.9. The van der Waals surface area contributed by atoms with Crippen molar-refractivity contribution in [3.8, 4) is 17.0 Å². The Bertz CT molecular complexity index is 1210. The Balaban J connectivity index is 1.97. The molecule has 1 aromatic heterocycles. The second kappa shape index (κ2) is 12.3. The van der Waals surface area contributed by atoms with Gasteiger partial charge in [-0.2, -0.15) is 4.31 Å². The summed E-state index contributed by atoms with van der Waals surface area (Å²) in [5, 5.41) is 2.11. The van der Waals surface area contributed by atoms with Gasteiger partial charge in [-0.15, -0.1) is 11.3 Å². The summed E-state index contributed by atoms with van der Waals surface area (Å²) in [6.07, 6.45) is 4.64. The zero-order chi connectivity index (χ0) is 24.6. The van der Waals surface area contributed by atoms with E-state index in [1.165, 1.54) is 23.6 Å². The average Bonchev–Trinajstić information content (AvgIpc) is 3.25. The summed E-state index contributed by atoms with van der Waals surface area (Å²) in [5.74, 6) is 0.804. The zero-order valence-corrected chi connectivity index (χ0v) is 22.2. The van der Waals surface area contributed by atoms with Crippen LogP contribution in [0.15, 0.2) is 63.8 Å². The second-order valence-corrected chi connectivity index (χ2v) is 10.8. The molecule has 0 saturated carbocycles. The number of thiazole rings is 1. The first-order valence-electron chi connectivity index (χ1n) is 11.9. The highest BCUT2D eigenvalue weighted by Gasteiger charge is 2.21. The van der Waals surface area contributed by atoms with Gasteiger partial charge in [0.25, 0.3) is 0 Å². The van der Waals surface area contributed by atoms with Crippen LogP contribution in [0.3, 0.4) is 0 Å². The fraction of sp³-hybridized carbons (Fsp3) is 0.423. The highest BCUT2D eigenvalue weighted by Crippen LogP contribution is 2.25. The zero-order valence-electron chi connectivity index (χ0n) is 20.5. The number of methoxy groups -OCH3 is 1. The monoisotopic (exact) mass is 501 g/mol.